The van der Waals surface area contributed by atoms with Crippen molar-refractivity contribution in [2.24, 2.45) is 0 Å². The largest absolute Gasteiger partial charge is 0.447 e. The average Bonchev–Trinajstić information content (AvgIpc) is 2.80. The van der Waals surface area contributed by atoms with Gasteiger partial charge in [0.05, 0.1) is 12.7 Å². The van der Waals surface area contributed by atoms with Crippen molar-refractivity contribution in [2.75, 3.05) is 10.6 Å². The fourth-order valence-corrected chi connectivity index (χ4v) is 1.39. The minimum atomic E-state index is -0.0765. The smallest absolute Gasteiger partial charge is 0.221 e. The molecule has 0 unspecified atom stereocenters. The number of hydrogen-bond acceptors (Lipinski definition) is 4. The van der Waals surface area contributed by atoms with Crippen LogP contribution in [0.3, 0.4) is 0 Å². The summed E-state index contributed by atoms with van der Waals surface area (Å²) in [6, 6.07) is 7.46. The van der Waals surface area contributed by atoms with Crippen LogP contribution in [0.2, 0.25) is 0 Å². The SMILES string of the molecule is CC(=O)Nc1ccc(NCc2cnco2)cc1. The van der Waals surface area contributed by atoms with Crippen LogP contribution >= 0.6 is 0 Å². The van der Waals surface area contributed by atoms with Gasteiger partial charge >= 0.3 is 0 Å². The van der Waals surface area contributed by atoms with Gasteiger partial charge in [-0.3, -0.25) is 4.79 Å². The van der Waals surface area contributed by atoms with Gasteiger partial charge in [-0.1, -0.05) is 0 Å². The molecule has 2 N–H and O–H groups in total. The normalized spacial score (nSPS) is 9.94. The molecule has 5 heteroatoms. The Hall–Kier alpha value is -2.30. The molecule has 0 spiro atoms. The quantitative estimate of drug-likeness (QED) is 0.846. The minimum absolute atomic E-state index is 0.0765. The number of anilines is 2. The Morgan fingerprint density at radius 3 is 2.59 bits per heavy atom. The molecule has 0 aliphatic carbocycles. The molecule has 1 aromatic heterocycles. The number of hydrogen-bond donors (Lipinski definition) is 2. The molecule has 0 radical (unpaired) electrons. The van der Waals surface area contributed by atoms with E-state index in [9.17, 15) is 4.79 Å². The molecule has 1 amide bonds. The van der Waals surface area contributed by atoms with Gasteiger partial charge in [0.2, 0.25) is 5.91 Å². The van der Waals surface area contributed by atoms with Crippen molar-refractivity contribution in [1.29, 1.82) is 0 Å². The molecule has 5 nitrogen and oxygen atoms in total. The lowest BCUT2D eigenvalue weighted by molar-refractivity contribution is -0.114. The Bertz CT molecular complexity index is 477. The predicted octanol–water partition coefficient (Wildman–Crippen LogP) is 2.25. The lowest BCUT2D eigenvalue weighted by atomic mass is 10.2. The molecule has 0 saturated heterocycles. The second-order valence-electron chi connectivity index (χ2n) is 3.58. The number of aromatic nitrogens is 1. The monoisotopic (exact) mass is 231 g/mol. The molecule has 17 heavy (non-hydrogen) atoms. The van der Waals surface area contributed by atoms with Crippen molar-refractivity contribution in [2.45, 2.75) is 13.5 Å². The summed E-state index contributed by atoms with van der Waals surface area (Å²) in [7, 11) is 0. The van der Waals surface area contributed by atoms with Crippen molar-refractivity contribution in [1.82, 2.24) is 4.98 Å². The van der Waals surface area contributed by atoms with Crippen LogP contribution in [0, 0.1) is 0 Å². The number of rotatable bonds is 4. The highest BCUT2D eigenvalue weighted by Crippen LogP contribution is 2.14. The van der Waals surface area contributed by atoms with Gasteiger partial charge in [0.1, 0.15) is 5.76 Å². The zero-order chi connectivity index (χ0) is 12.1. The van der Waals surface area contributed by atoms with Crippen molar-refractivity contribution in [3.8, 4) is 0 Å². The van der Waals surface area contributed by atoms with E-state index >= 15 is 0 Å². The first kappa shape index (κ1) is 11.2. The van der Waals surface area contributed by atoms with Gasteiger partial charge in [0.25, 0.3) is 0 Å². The van der Waals surface area contributed by atoms with E-state index in [2.05, 4.69) is 15.6 Å². The molecule has 0 saturated carbocycles. The lowest BCUT2D eigenvalue weighted by Crippen LogP contribution is -2.05. The molecule has 0 aliphatic heterocycles. The molecule has 2 aromatic rings. The number of benzene rings is 1. The van der Waals surface area contributed by atoms with E-state index in [0.29, 0.717) is 6.54 Å². The van der Waals surface area contributed by atoms with Crippen LogP contribution in [0.1, 0.15) is 12.7 Å². The Morgan fingerprint density at radius 2 is 2.00 bits per heavy atom. The fraction of sp³-hybridized carbons (Fsp3) is 0.167. The van der Waals surface area contributed by atoms with Crippen molar-refractivity contribution in [3.63, 3.8) is 0 Å². The van der Waals surface area contributed by atoms with Crippen LogP contribution in [0.5, 0.6) is 0 Å². The highest BCUT2D eigenvalue weighted by molar-refractivity contribution is 5.88. The van der Waals surface area contributed by atoms with Gasteiger partial charge in [0.15, 0.2) is 6.39 Å². The molecule has 0 atom stereocenters. The molecule has 0 fully saturated rings. The van der Waals surface area contributed by atoms with Gasteiger partial charge < -0.3 is 15.1 Å². The number of amides is 1. The second kappa shape index (κ2) is 5.16. The van der Waals surface area contributed by atoms with Crippen molar-refractivity contribution < 1.29 is 9.21 Å². The zero-order valence-electron chi connectivity index (χ0n) is 9.43. The van der Waals surface area contributed by atoms with Crippen LogP contribution in [0.15, 0.2) is 41.3 Å². The summed E-state index contributed by atoms with van der Waals surface area (Å²) in [5.74, 6) is 0.698. The van der Waals surface area contributed by atoms with E-state index in [1.54, 1.807) is 6.20 Å². The molecule has 0 bridgehead atoms. The first-order valence-corrected chi connectivity index (χ1v) is 5.23. The summed E-state index contributed by atoms with van der Waals surface area (Å²) >= 11 is 0. The molecular weight excluding hydrogens is 218 g/mol. The van der Waals surface area contributed by atoms with Crippen LogP contribution in [-0.2, 0) is 11.3 Å². The second-order valence-corrected chi connectivity index (χ2v) is 3.58. The minimum Gasteiger partial charge on any atom is -0.447 e. The number of nitrogens with one attached hydrogen (secondary N) is 2. The van der Waals surface area contributed by atoms with Gasteiger partial charge in [-0.2, -0.15) is 0 Å². The fourth-order valence-electron chi connectivity index (χ4n) is 1.39. The summed E-state index contributed by atoms with van der Waals surface area (Å²) in [6.07, 6.45) is 3.07. The van der Waals surface area contributed by atoms with Crippen LogP contribution in [0.25, 0.3) is 0 Å². The molecule has 0 aliphatic rings. The summed E-state index contributed by atoms with van der Waals surface area (Å²) in [5.41, 5.74) is 1.73. The molecule has 1 aromatic carbocycles. The first-order valence-electron chi connectivity index (χ1n) is 5.23. The van der Waals surface area contributed by atoms with Crippen molar-refractivity contribution >= 4 is 17.3 Å². The van der Waals surface area contributed by atoms with E-state index in [1.165, 1.54) is 13.3 Å². The average molecular weight is 231 g/mol. The summed E-state index contributed by atoms with van der Waals surface area (Å²) < 4.78 is 5.10. The number of carbonyl (C=O) groups excluding carboxylic acids is 1. The number of nitrogens with zero attached hydrogens (tertiary/aromatic N) is 1. The van der Waals surface area contributed by atoms with E-state index in [0.717, 1.165) is 17.1 Å². The standard InChI is InChI=1S/C12H13N3O2/c1-9(16)15-11-4-2-10(3-5-11)14-7-12-6-13-8-17-12/h2-6,8,14H,7H2,1H3,(H,15,16). The van der Waals surface area contributed by atoms with Gasteiger partial charge in [-0.15, -0.1) is 0 Å². The maximum Gasteiger partial charge on any atom is 0.221 e. The first-order chi connectivity index (χ1) is 8.24. The third kappa shape index (κ3) is 3.34. The highest BCUT2D eigenvalue weighted by Gasteiger charge is 1.98. The summed E-state index contributed by atoms with van der Waals surface area (Å²) in [6.45, 7) is 2.07. The highest BCUT2D eigenvalue weighted by atomic mass is 16.3. The van der Waals surface area contributed by atoms with Crippen LogP contribution in [0.4, 0.5) is 11.4 Å². The molecule has 1 heterocycles. The maximum atomic E-state index is 10.8. The van der Waals surface area contributed by atoms with Crippen LogP contribution < -0.4 is 10.6 Å². The van der Waals surface area contributed by atoms with Crippen LogP contribution in [-0.4, -0.2) is 10.9 Å². The molecule has 2 rings (SSSR count). The van der Waals surface area contributed by atoms with E-state index in [-0.39, 0.29) is 5.91 Å². The van der Waals surface area contributed by atoms with Gasteiger partial charge in [-0.25, -0.2) is 4.98 Å². The van der Waals surface area contributed by atoms with Gasteiger partial charge in [-0.05, 0) is 24.3 Å². The number of carbonyl (C=O) groups is 1. The Labute approximate surface area is 98.9 Å². The van der Waals surface area contributed by atoms with E-state index < -0.39 is 0 Å². The number of oxazole rings is 1. The van der Waals surface area contributed by atoms with E-state index in [4.69, 9.17) is 4.42 Å². The molecule has 88 valence electrons. The Morgan fingerprint density at radius 1 is 1.29 bits per heavy atom. The lowest BCUT2D eigenvalue weighted by Gasteiger charge is -2.06. The third-order valence-corrected chi connectivity index (χ3v) is 2.16. The molecular formula is C12H13N3O2. The Kier molecular flexibility index (Phi) is 3.40. The topological polar surface area (TPSA) is 67.2 Å². The summed E-state index contributed by atoms with van der Waals surface area (Å²) in [4.78, 5) is 14.7. The predicted molar refractivity (Wildman–Crippen MR) is 64.6 cm³/mol. The maximum absolute atomic E-state index is 10.8. The van der Waals surface area contributed by atoms with E-state index in [1.807, 2.05) is 24.3 Å². The summed E-state index contributed by atoms with van der Waals surface area (Å²) in [5, 5.41) is 5.89. The zero-order valence-corrected chi connectivity index (χ0v) is 9.43. The Balaban J connectivity index is 1.91. The third-order valence-electron chi connectivity index (χ3n) is 2.16. The van der Waals surface area contributed by atoms with Gasteiger partial charge in [0, 0.05) is 18.3 Å². The van der Waals surface area contributed by atoms with Crippen molar-refractivity contribution in [3.05, 3.63) is 42.6 Å².